The summed E-state index contributed by atoms with van der Waals surface area (Å²) in [7, 11) is 0. The first-order valence-corrected chi connectivity index (χ1v) is 6.97. The molecule has 1 aromatic carbocycles. The molecule has 8 heteroatoms. The standard InChI is InChI=1S/C14H23N5O3/c15-7-11(6-13(17)21)19-14(22)18-8-10(16)5-9-1-3-12(20)4-2-9/h1-4,10-11,20H,5-8,15-16H2,(H2,17,21)(H2,18,19,22)/t10-,11-/m0/s1. The maximum Gasteiger partial charge on any atom is 0.315 e. The van der Waals surface area contributed by atoms with Crippen LogP contribution in [0.2, 0.25) is 0 Å². The van der Waals surface area contributed by atoms with Gasteiger partial charge in [0.2, 0.25) is 5.91 Å². The fourth-order valence-electron chi connectivity index (χ4n) is 1.90. The lowest BCUT2D eigenvalue weighted by Crippen LogP contribution is -2.49. The third kappa shape index (κ3) is 6.91. The van der Waals surface area contributed by atoms with Crippen molar-refractivity contribution in [3.8, 4) is 5.75 Å². The van der Waals surface area contributed by atoms with E-state index >= 15 is 0 Å². The summed E-state index contributed by atoms with van der Waals surface area (Å²) in [6.45, 7) is 0.385. The van der Waals surface area contributed by atoms with Crippen LogP contribution >= 0.6 is 0 Å². The minimum Gasteiger partial charge on any atom is -0.508 e. The highest BCUT2D eigenvalue weighted by Crippen LogP contribution is 2.10. The molecule has 0 aromatic heterocycles. The predicted molar refractivity (Wildman–Crippen MR) is 83.0 cm³/mol. The van der Waals surface area contributed by atoms with Gasteiger partial charge in [0.15, 0.2) is 0 Å². The number of hydrogen-bond donors (Lipinski definition) is 6. The van der Waals surface area contributed by atoms with Crippen molar-refractivity contribution in [1.29, 1.82) is 0 Å². The molecular formula is C14H23N5O3. The number of carbonyl (C=O) groups is 2. The molecule has 0 radical (unpaired) electrons. The van der Waals surface area contributed by atoms with Gasteiger partial charge in [0.1, 0.15) is 5.75 Å². The predicted octanol–water partition coefficient (Wildman–Crippen LogP) is -1.24. The first kappa shape index (κ1) is 17.7. The Morgan fingerprint density at radius 1 is 1.23 bits per heavy atom. The molecule has 0 heterocycles. The Morgan fingerprint density at radius 3 is 2.41 bits per heavy atom. The van der Waals surface area contributed by atoms with Crippen LogP contribution in [0, 0.1) is 0 Å². The van der Waals surface area contributed by atoms with Crippen LogP contribution in [-0.4, -0.2) is 42.2 Å². The van der Waals surface area contributed by atoms with Gasteiger partial charge in [-0.1, -0.05) is 12.1 Å². The highest BCUT2D eigenvalue weighted by atomic mass is 16.3. The maximum atomic E-state index is 11.7. The summed E-state index contributed by atoms with van der Waals surface area (Å²) in [5.41, 5.74) is 17.4. The summed E-state index contributed by atoms with van der Waals surface area (Å²) < 4.78 is 0. The Bertz CT molecular complexity index is 492. The van der Waals surface area contributed by atoms with Crippen molar-refractivity contribution >= 4 is 11.9 Å². The topological polar surface area (TPSA) is 156 Å². The molecule has 0 fully saturated rings. The van der Waals surface area contributed by atoms with Gasteiger partial charge < -0.3 is 32.9 Å². The maximum absolute atomic E-state index is 11.7. The van der Waals surface area contributed by atoms with Gasteiger partial charge in [-0.05, 0) is 24.1 Å². The normalized spacial score (nSPS) is 13.2. The number of phenols is 1. The number of rotatable bonds is 8. The highest BCUT2D eigenvalue weighted by molar-refractivity contribution is 5.77. The van der Waals surface area contributed by atoms with E-state index in [9.17, 15) is 14.7 Å². The number of aromatic hydroxyl groups is 1. The molecule has 0 aliphatic carbocycles. The zero-order valence-electron chi connectivity index (χ0n) is 12.3. The molecule has 0 aliphatic heterocycles. The number of urea groups is 1. The first-order chi connectivity index (χ1) is 10.4. The van der Waals surface area contributed by atoms with Gasteiger partial charge in [-0.15, -0.1) is 0 Å². The van der Waals surface area contributed by atoms with E-state index in [0.717, 1.165) is 5.56 Å². The fourth-order valence-corrected chi connectivity index (χ4v) is 1.90. The van der Waals surface area contributed by atoms with Gasteiger partial charge in [-0.3, -0.25) is 4.79 Å². The number of amides is 3. The molecule has 2 atom stereocenters. The number of phenolic OH excluding ortho intramolecular Hbond substituents is 1. The number of carbonyl (C=O) groups excluding carboxylic acids is 2. The molecule has 0 unspecified atom stereocenters. The van der Waals surface area contributed by atoms with Crippen molar-refractivity contribution in [2.45, 2.75) is 24.9 Å². The largest absolute Gasteiger partial charge is 0.508 e. The number of primary amides is 1. The van der Waals surface area contributed by atoms with Crippen molar-refractivity contribution in [2.75, 3.05) is 13.1 Å². The molecule has 0 aliphatic rings. The minimum absolute atomic E-state index is 0.0104. The van der Waals surface area contributed by atoms with Gasteiger partial charge in [-0.25, -0.2) is 4.79 Å². The van der Waals surface area contributed by atoms with Crippen LogP contribution in [0.3, 0.4) is 0 Å². The van der Waals surface area contributed by atoms with Crippen LogP contribution < -0.4 is 27.8 Å². The third-order valence-corrected chi connectivity index (χ3v) is 3.03. The number of benzene rings is 1. The number of hydrogen-bond acceptors (Lipinski definition) is 5. The Morgan fingerprint density at radius 2 is 1.86 bits per heavy atom. The first-order valence-electron chi connectivity index (χ1n) is 6.97. The van der Waals surface area contributed by atoms with Crippen molar-refractivity contribution in [3.63, 3.8) is 0 Å². The van der Waals surface area contributed by atoms with E-state index in [1.165, 1.54) is 0 Å². The second-order valence-corrected chi connectivity index (χ2v) is 5.09. The van der Waals surface area contributed by atoms with Crippen LogP contribution in [0.4, 0.5) is 4.79 Å². The van der Waals surface area contributed by atoms with Crippen molar-refractivity contribution < 1.29 is 14.7 Å². The van der Waals surface area contributed by atoms with E-state index in [0.29, 0.717) is 6.42 Å². The lowest BCUT2D eigenvalue weighted by Gasteiger charge is -2.17. The molecule has 0 bridgehead atoms. The molecule has 1 aromatic rings. The van der Waals surface area contributed by atoms with Crippen molar-refractivity contribution in [2.24, 2.45) is 17.2 Å². The van der Waals surface area contributed by atoms with Gasteiger partial charge in [0.05, 0.1) is 6.04 Å². The van der Waals surface area contributed by atoms with Gasteiger partial charge in [-0.2, -0.15) is 0 Å². The molecule has 1 rings (SSSR count). The van der Waals surface area contributed by atoms with Gasteiger partial charge in [0.25, 0.3) is 0 Å². The average Bonchev–Trinajstić information content (AvgIpc) is 2.46. The summed E-state index contributed by atoms with van der Waals surface area (Å²) in [4.78, 5) is 22.5. The van der Waals surface area contributed by atoms with E-state index in [4.69, 9.17) is 17.2 Å². The zero-order chi connectivity index (χ0) is 16.5. The lowest BCUT2D eigenvalue weighted by molar-refractivity contribution is -0.118. The molecule has 122 valence electrons. The Labute approximate surface area is 129 Å². The van der Waals surface area contributed by atoms with E-state index in [2.05, 4.69) is 10.6 Å². The summed E-state index contributed by atoms with van der Waals surface area (Å²) in [6.07, 6.45) is 0.547. The zero-order valence-corrected chi connectivity index (χ0v) is 12.3. The quantitative estimate of drug-likeness (QED) is 0.354. The second kappa shape index (κ2) is 8.85. The van der Waals surface area contributed by atoms with Gasteiger partial charge >= 0.3 is 6.03 Å². The number of nitrogens with one attached hydrogen (secondary N) is 2. The molecule has 22 heavy (non-hydrogen) atoms. The van der Waals surface area contributed by atoms with Crippen molar-refractivity contribution in [3.05, 3.63) is 29.8 Å². The van der Waals surface area contributed by atoms with Crippen LogP contribution in [0.15, 0.2) is 24.3 Å². The SMILES string of the molecule is NC[C@H](CC(N)=O)NC(=O)NC[C@@H](N)Cc1ccc(O)cc1. The highest BCUT2D eigenvalue weighted by Gasteiger charge is 2.13. The fraction of sp³-hybridized carbons (Fsp3) is 0.429. The molecular weight excluding hydrogens is 286 g/mol. The molecule has 0 saturated heterocycles. The van der Waals surface area contributed by atoms with E-state index < -0.39 is 18.0 Å². The molecule has 8 nitrogen and oxygen atoms in total. The summed E-state index contributed by atoms with van der Waals surface area (Å²) >= 11 is 0. The van der Waals surface area contributed by atoms with Crippen LogP contribution in [0.1, 0.15) is 12.0 Å². The second-order valence-electron chi connectivity index (χ2n) is 5.09. The summed E-state index contributed by atoms with van der Waals surface area (Å²) in [6, 6.07) is 5.49. The van der Waals surface area contributed by atoms with Crippen molar-refractivity contribution in [1.82, 2.24) is 10.6 Å². The molecule has 0 saturated carbocycles. The monoisotopic (exact) mass is 309 g/mol. The number of nitrogens with two attached hydrogens (primary N) is 3. The Hall–Kier alpha value is -2.32. The third-order valence-electron chi connectivity index (χ3n) is 3.03. The molecule has 3 amide bonds. The van der Waals surface area contributed by atoms with E-state index in [-0.39, 0.29) is 31.3 Å². The van der Waals surface area contributed by atoms with Crippen LogP contribution in [0.25, 0.3) is 0 Å². The van der Waals surface area contributed by atoms with E-state index in [1.807, 2.05) is 0 Å². The molecule has 0 spiro atoms. The van der Waals surface area contributed by atoms with E-state index in [1.54, 1.807) is 24.3 Å². The summed E-state index contributed by atoms with van der Waals surface area (Å²) in [5, 5.41) is 14.4. The van der Waals surface area contributed by atoms with Crippen LogP contribution in [-0.2, 0) is 11.2 Å². The Kier molecular flexibility index (Phi) is 7.14. The summed E-state index contributed by atoms with van der Waals surface area (Å²) in [5.74, 6) is -0.336. The Balaban J connectivity index is 2.33. The van der Waals surface area contributed by atoms with Gasteiger partial charge in [0, 0.05) is 25.6 Å². The average molecular weight is 309 g/mol. The minimum atomic E-state index is -0.528. The van der Waals surface area contributed by atoms with Crippen LogP contribution in [0.5, 0.6) is 5.75 Å². The smallest absolute Gasteiger partial charge is 0.315 e. The lowest BCUT2D eigenvalue weighted by atomic mass is 10.1. The molecule has 9 N–H and O–H groups in total.